The van der Waals surface area contributed by atoms with E-state index >= 15 is 0 Å². The molecule has 1 aromatic heterocycles. The molecule has 0 radical (unpaired) electrons. The lowest BCUT2D eigenvalue weighted by Crippen LogP contribution is -1.99. The highest BCUT2D eigenvalue weighted by atomic mass is 79.9. The number of thioether (sulfide) groups is 1. The van der Waals surface area contributed by atoms with E-state index in [4.69, 9.17) is 9.15 Å². The van der Waals surface area contributed by atoms with Gasteiger partial charge in [0.1, 0.15) is 5.75 Å². The lowest BCUT2D eigenvalue weighted by atomic mass is 10.1. The zero-order chi connectivity index (χ0) is 18.5. The first kappa shape index (κ1) is 18.7. The highest BCUT2D eigenvalue weighted by Crippen LogP contribution is 2.30. The second kappa shape index (κ2) is 8.51. The Morgan fingerprint density at radius 2 is 1.96 bits per heavy atom. The maximum Gasteiger partial charge on any atom is 0.277 e. The average molecular weight is 433 g/mol. The summed E-state index contributed by atoms with van der Waals surface area (Å²) in [7, 11) is 0. The molecule has 5 nitrogen and oxygen atoms in total. The van der Waals surface area contributed by atoms with Gasteiger partial charge in [0, 0.05) is 26.9 Å². The van der Waals surface area contributed by atoms with Crippen LogP contribution in [-0.4, -0.2) is 22.6 Å². The molecule has 0 saturated heterocycles. The predicted octanol–water partition coefficient (Wildman–Crippen LogP) is 5.39. The molecule has 0 aliphatic heterocycles. The highest BCUT2D eigenvalue weighted by molar-refractivity contribution is 9.10. The number of aromatic nitrogens is 2. The number of ketones is 1. The Bertz CT molecular complexity index is 909. The van der Waals surface area contributed by atoms with Gasteiger partial charge in [0.15, 0.2) is 5.78 Å². The Morgan fingerprint density at radius 3 is 2.65 bits per heavy atom. The van der Waals surface area contributed by atoms with Gasteiger partial charge in [-0.05, 0) is 56.3 Å². The first-order chi connectivity index (χ1) is 12.6. The molecule has 3 aromatic rings. The van der Waals surface area contributed by atoms with Crippen LogP contribution in [0.4, 0.5) is 0 Å². The standard InChI is InChI=1S/C19H17BrN2O3S/c1-3-24-17-9-6-14(12(2)23)10-15(17)11-26-19-22-21-18(25-19)13-4-7-16(20)8-5-13/h4-10H,3,11H2,1-2H3. The van der Waals surface area contributed by atoms with Crippen molar-refractivity contribution >= 4 is 33.5 Å². The Hall–Kier alpha value is -2.12. The highest BCUT2D eigenvalue weighted by Gasteiger charge is 2.12. The van der Waals surface area contributed by atoms with Crippen LogP contribution in [0.2, 0.25) is 0 Å². The van der Waals surface area contributed by atoms with Crippen molar-refractivity contribution in [2.24, 2.45) is 0 Å². The Labute approximate surface area is 164 Å². The summed E-state index contributed by atoms with van der Waals surface area (Å²) in [6.07, 6.45) is 0. The minimum atomic E-state index is 0.0228. The summed E-state index contributed by atoms with van der Waals surface area (Å²) in [6.45, 7) is 4.04. The number of ether oxygens (including phenoxy) is 1. The number of hydrogen-bond donors (Lipinski definition) is 0. The summed E-state index contributed by atoms with van der Waals surface area (Å²) >= 11 is 4.81. The van der Waals surface area contributed by atoms with E-state index in [1.165, 1.54) is 11.8 Å². The topological polar surface area (TPSA) is 65.2 Å². The summed E-state index contributed by atoms with van der Waals surface area (Å²) in [5.41, 5.74) is 2.44. The van der Waals surface area contributed by atoms with Gasteiger partial charge >= 0.3 is 0 Å². The van der Waals surface area contributed by atoms with Gasteiger partial charge in [-0.2, -0.15) is 0 Å². The van der Waals surface area contributed by atoms with Crippen LogP contribution in [0.1, 0.15) is 29.8 Å². The number of hydrogen-bond acceptors (Lipinski definition) is 6. The summed E-state index contributed by atoms with van der Waals surface area (Å²) < 4.78 is 12.4. The molecule has 0 unspecified atom stereocenters. The lowest BCUT2D eigenvalue weighted by Gasteiger charge is -2.10. The molecule has 2 aromatic carbocycles. The van der Waals surface area contributed by atoms with E-state index in [2.05, 4.69) is 26.1 Å². The molecular weight excluding hydrogens is 416 g/mol. The molecule has 0 fully saturated rings. The first-order valence-electron chi connectivity index (χ1n) is 8.05. The van der Waals surface area contributed by atoms with E-state index < -0.39 is 0 Å². The number of Topliss-reactive ketones (excluding diaryl/α,β-unsaturated/α-hetero) is 1. The third-order valence-electron chi connectivity index (χ3n) is 3.62. The molecule has 7 heteroatoms. The lowest BCUT2D eigenvalue weighted by molar-refractivity contribution is 0.101. The maximum absolute atomic E-state index is 11.6. The molecule has 26 heavy (non-hydrogen) atoms. The van der Waals surface area contributed by atoms with Crippen molar-refractivity contribution < 1.29 is 13.9 Å². The van der Waals surface area contributed by atoms with Crippen LogP contribution in [0.3, 0.4) is 0 Å². The van der Waals surface area contributed by atoms with Gasteiger partial charge in [-0.25, -0.2) is 0 Å². The van der Waals surface area contributed by atoms with Crippen molar-refractivity contribution in [3.63, 3.8) is 0 Å². The van der Waals surface area contributed by atoms with E-state index in [0.29, 0.717) is 29.0 Å². The number of carbonyl (C=O) groups is 1. The van der Waals surface area contributed by atoms with E-state index in [0.717, 1.165) is 21.3 Å². The van der Waals surface area contributed by atoms with Crippen molar-refractivity contribution in [3.05, 3.63) is 58.1 Å². The molecule has 134 valence electrons. The van der Waals surface area contributed by atoms with Gasteiger partial charge in [-0.15, -0.1) is 10.2 Å². The molecule has 0 atom stereocenters. The fraction of sp³-hybridized carbons (Fsp3) is 0.211. The van der Waals surface area contributed by atoms with Gasteiger partial charge < -0.3 is 9.15 Å². The van der Waals surface area contributed by atoms with Crippen LogP contribution in [0, 0.1) is 0 Å². The summed E-state index contributed by atoms with van der Waals surface area (Å²) in [4.78, 5) is 11.6. The van der Waals surface area contributed by atoms with Crippen LogP contribution in [0.5, 0.6) is 5.75 Å². The Morgan fingerprint density at radius 1 is 1.19 bits per heavy atom. The first-order valence-corrected chi connectivity index (χ1v) is 9.83. The van der Waals surface area contributed by atoms with Gasteiger partial charge in [0.05, 0.1) is 6.61 Å². The summed E-state index contributed by atoms with van der Waals surface area (Å²) in [6, 6.07) is 13.1. The molecule has 0 aliphatic carbocycles. The molecule has 0 amide bonds. The van der Waals surface area contributed by atoms with Crippen molar-refractivity contribution in [1.29, 1.82) is 0 Å². The third-order valence-corrected chi connectivity index (χ3v) is 5.01. The van der Waals surface area contributed by atoms with E-state index in [1.807, 2.05) is 43.3 Å². The van der Waals surface area contributed by atoms with Gasteiger partial charge in [0.25, 0.3) is 5.22 Å². The monoisotopic (exact) mass is 432 g/mol. The summed E-state index contributed by atoms with van der Waals surface area (Å²) in [5.74, 6) is 1.83. The SMILES string of the molecule is CCOc1ccc(C(C)=O)cc1CSc1nnc(-c2ccc(Br)cc2)o1. The zero-order valence-corrected chi connectivity index (χ0v) is 16.8. The van der Waals surface area contributed by atoms with E-state index in [9.17, 15) is 4.79 Å². The van der Waals surface area contributed by atoms with Crippen LogP contribution in [0.15, 0.2) is 56.6 Å². The fourth-order valence-electron chi connectivity index (χ4n) is 2.32. The van der Waals surface area contributed by atoms with Gasteiger partial charge in [-0.1, -0.05) is 27.7 Å². The van der Waals surface area contributed by atoms with E-state index in [1.54, 1.807) is 13.0 Å². The molecule has 0 saturated carbocycles. The third kappa shape index (κ3) is 4.53. The molecule has 0 aliphatic rings. The van der Waals surface area contributed by atoms with Crippen LogP contribution in [0.25, 0.3) is 11.5 Å². The molecule has 3 rings (SSSR count). The molecule has 0 bridgehead atoms. The van der Waals surface area contributed by atoms with Crippen molar-refractivity contribution in [1.82, 2.24) is 10.2 Å². The normalized spacial score (nSPS) is 10.7. The number of nitrogens with zero attached hydrogens (tertiary/aromatic N) is 2. The van der Waals surface area contributed by atoms with Crippen LogP contribution in [-0.2, 0) is 5.75 Å². The summed E-state index contributed by atoms with van der Waals surface area (Å²) in [5, 5.41) is 8.66. The minimum Gasteiger partial charge on any atom is -0.494 e. The van der Waals surface area contributed by atoms with Crippen molar-refractivity contribution in [3.8, 4) is 17.2 Å². The second-order valence-corrected chi connectivity index (χ2v) is 7.32. The van der Waals surface area contributed by atoms with Gasteiger partial charge in [-0.3, -0.25) is 4.79 Å². The molecule has 0 spiro atoms. The minimum absolute atomic E-state index is 0.0228. The van der Waals surface area contributed by atoms with Gasteiger partial charge in [0.2, 0.25) is 5.89 Å². The maximum atomic E-state index is 11.6. The fourth-order valence-corrected chi connectivity index (χ4v) is 3.33. The largest absolute Gasteiger partial charge is 0.494 e. The van der Waals surface area contributed by atoms with Crippen molar-refractivity contribution in [2.45, 2.75) is 24.8 Å². The Kier molecular flexibility index (Phi) is 6.11. The molecule has 1 heterocycles. The Balaban J connectivity index is 1.75. The van der Waals surface area contributed by atoms with Crippen LogP contribution < -0.4 is 4.74 Å². The quantitative estimate of drug-likeness (QED) is 0.368. The number of halogens is 1. The average Bonchev–Trinajstić information content (AvgIpc) is 3.10. The number of rotatable bonds is 7. The number of benzene rings is 2. The van der Waals surface area contributed by atoms with E-state index in [-0.39, 0.29) is 5.78 Å². The zero-order valence-electron chi connectivity index (χ0n) is 14.4. The van der Waals surface area contributed by atoms with Crippen LogP contribution >= 0.6 is 27.7 Å². The second-order valence-electron chi connectivity index (χ2n) is 5.48. The smallest absolute Gasteiger partial charge is 0.277 e. The molecule has 0 N–H and O–H groups in total. The number of carbonyl (C=O) groups excluding carboxylic acids is 1. The predicted molar refractivity (Wildman–Crippen MR) is 105 cm³/mol. The molecular formula is C19H17BrN2O3S. The van der Waals surface area contributed by atoms with Crippen molar-refractivity contribution in [2.75, 3.05) is 6.61 Å².